The molecule has 6 heteroatoms. The fourth-order valence-corrected chi connectivity index (χ4v) is 2.92. The average molecular weight is 367 g/mol. The normalized spacial score (nSPS) is 12.5. The Labute approximate surface area is 134 Å². The zero-order chi connectivity index (χ0) is 15.0. The van der Waals surface area contributed by atoms with Crippen LogP contribution in [-0.2, 0) is 0 Å². The summed E-state index contributed by atoms with van der Waals surface area (Å²) in [4.78, 5) is 16.8. The van der Waals surface area contributed by atoms with Crippen LogP contribution in [0, 0.1) is 0 Å². The summed E-state index contributed by atoms with van der Waals surface area (Å²) in [7, 11) is 0. The van der Waals surface area contributed by atoms with Gasteiger partial charge in [0.05, 0.1) is 16.7 Å². The Kier molecular flexibility index (Phi) is 3.78. The van der Waals surface area contributed by atoms with Crippen molar-refractivity contribution in [1.29, 1.82) is 0 Å². The van der Waals surface area contributed by atoms with Gasteiger partial charge in [0.2, 0.25) is 0 Å². The van der Waals surface area contributed by atoms with E-state index in [1.54, 1.807) is 0 Å². The number of nitrogens with one attached hydrogen (secondary N) is 3. The number of fused-ring (bicyclic) bond motifs is 1. The van der Waals surface area contributed by atoms with Crippen LogP contribution in [0.2, 0.25) is 5.02 Å². The Hall–Kier alpha value is -1.72. The Balaban J connectivity index is 1.93. The van der Waals surface area contributed by atoms with E-state index in [1.807, 2.05) is 36.4 Å². The number of aromatic nitrogens is 2. The van der Waals surface area contributed by atoms with Gasteiger partial charge >= 0.3 is 5.69 Å². The first-order valence-electron chi connectivity index (χ1n) is 6.46. The van der Waals surface area contributed by atoms with Crippen molar-refractivity contribution in [3.8, 4) is 0 Å². The summed E-state index contributed by atoms with van der Waals surface area (Å²) in [6.45, 7) is 2.06. The number of rotatable bonds is 3. The van der Waals surface area contributed by atoms with Crippen molar-refractivity contribution in [2.75, 3.05) is 5.32 Å². The van der Waals surface area contributed by atoms with Crippen LogP contribution < -0.4 is 11.0 Å². The highest BCUT2D eigenvalue weighted by atomic mass is 79.9. The lowest BCUT2D eigenvalue weighted by Gasteiger charge is -2.17. The molecule has 4 nitrogen and oxygen atoms in total. The molecule has 0 aliphatic carbocycles. The van der Waals surface area contributed by atoms with E-state index < -0.39 is 0 Å². The van der Waals surface area contributed by atoms with E-state index in [9.17, 15) is 4.79 Å². The number of halogens is 2. The lowest BCUT2D eigenvalue weighted by atomic mass is 10.1. The average Bonchev–Trinajstić information content (AvgIpc) is 2.78. The summed E-state index contributed by atoms with van der Waals surface area (Å²) < 4.78 is 0.888. The molecule has 0 fully saturated rings. The molecule has 1 unspecified atom stereocenters. The van der Waals surface area contributed by atoms with Crippen LogP contribution in [-0.4, -0.2) is 9.97 Å². The molecule has 3 rings (SSSR count). The molecule has 0 radical (unpaired) electrons. The van der Waals surface area contributed by atoms with Crippen LogP contribution in [0.3, 0.4) is 0 Å². The van der Waals surface area contributed by atoms with E-state index in [-0.39, 0.29) is 11.7 Å². The summed E-state index contributed by atoms with van der Waals surface area (Å²) in [6.07, 6.45) is 0. The Bertz CT molecular complexity index is 855. The second-order valence-corrected chi connectivity index (χ2v) is 6.17. The van der Waals surface area contributed by atoms with Gasteiger partial charge in [0.25, 0.3) is 0 Å². The van der Waals surface area contributed by atoms with Crippen LogP contribution in [0.5, 0.6) is 0 Å². The second-order valence-electron chi connectivity index (χ2n) is 4.88. The van der Waals surface area contributed by atoms with E-state index in [0.29, 0.717) is 5.02 Å². The van der Waals surface area contributed by atoms with Crippen molar-refractivity contribution in [1.82, 2.24) is 9.97 Å². The molecule has 1 heterocycles. The molecule has 21 heavy (non-hydrogen) atoms. The van der Waals surface area contributed by atoms with Crippen molar-refractivity contribution in [3.63, 3.8) is 0 Å². The maximum Gasteiger partial charge on any atom is 0.323 e. The molecular formula is C15H13BrClN3O. The minimum atomic E-state index is -0.211. The van der Waals surface area contributed by atoms with E-state index in [2.05, 4.69) is 38.1 Å². The molecule has 1 aromatic heterocycles. The fraction of sp³-hybridized carbons (Fsp3) is 0.133. The van der Waals surface area contributed by atoms with Crippen molar-refractivity contribution >= 4 is 44.3 Å². The van der Waals surface area contributed by atoms with Gasteiger partial charge in [-0.3, -0.25) is 0 Å². The van der Waals surface area contributed by atoms with Crippen molar-refractivity contribution < 1.29 is 0 Å². The fourth-order valence-electron chi connectivity index (χ4n) is 2.26. The Morgan fingerprint density at radius 1 is 1.19 bits per heavy atom. The van der Waals surface area contributed by atoms with Gasteiger partial charge in [0.1, 0.15) is 0 Å². The third-order valence-corrected chi connectivity index (χ3v) is 4.22. The monoisotopic (exact) mass is 365 g/mol. The minimum Gasteiger partial charge on any atom is -0.378 e. The molecule has 0 aliphatic rings. The highest BCUT2D eigenvalue weighted by Crippen LogP contribution is 2.30. The smallest absolute Gasteiger partial charge is 0.323 e. The van der Waals surface area contributed by atoms with Crippen LogP contribution in [0.1, 0.15) is 18.5 Å². The van der Waals surface area contributed by atoms with Gasteiger partial charge in [-0.25, -0.2) is 4.79 Å². The van der Waals surface area contributed by atoms with Crippen LogP contribution in [0.4, 0.5) is 5.69 Å². The van der Waals surface area contributed by atoms with Crippen LogP contribution in [0.25, 0.3) is 11.0 Å². The maximum atomic E-state index is 11.3. The maximum absolute atomic E-state index is 11.3. The first-order chi connectivity index (χ1) is 10.0. The highest BCUT2D eigenvalue weighted by molar-refractivity contribution is 9.10. The summed E-state index contributed by atoms with van der Waals surface area (Å²) in [5.41, 5.74) is 3.33. The number of hydrogen-bond donors (Lipinski definition) is 3. The minimum absolute atomic E-state index is 0.0862. The molecule has 0 saturated carbocycles. The molecule has 0 amide bonds. The van der Waals surface area contributed by atoms with Crippen molar-refractivity contribution in [2.24, 2.45) is 0 Å². The topological polar surface area (TPSA) is 60.7 Å². The number of aromatic amines is 2. The molecule has 0 aliphatic heterocycles. The van der Waals surface area contributed by atoms with Gasteiger partial charge in [0.15, 0.2) is 0 Å². The summed E-state index contributed by atoms with van der Waals surface area (Å²) in [5.74, 6) is 0. The molecular weight excluding hydrogens is 354 g/mol. The molecule has 2 aromatic carbocycles. The predicted molar refractivity (Wildman–Crippen MR) is 90.1 cm³/mol. The van der Waals surface area contributed by atoms with E-state index in [0.717, 1.165) is 26.8 Å². The largest absolute Gasteiger partial charge is 0.378 e. The summed E-state index contributed by atoms with van der Waals surface area (Å²) in [5, 5.41) is 4.13. The van der Waals surface area contributed by atoms with Gasteiger partial charge in [-0.05, 0) is 52.7 Å². The predicted octanol–water partition coefficient (Wildman–Crippen LogP) is 4.45. The molecule has 3 N–H and O–H groups in total. The van der Waals surface area contributed by atoms with Crippen LogP contribution >= 0.6 is 27.5 Å². The number of imidazole rings is 1. The molecule has 0 bridgehead atoms. The SMILES string of the molecule is CC(Nc1cc2[nH]c(=O)[nH]c2cc1Br)c1cccc(Cl)c1. The van der Waals surface area contributed by atoms with Gasteiger partial charge < -0.3 is 15.3 Å². The third kappa shape index (κ3) is 2.99. The zero-order valence-electron chi connectivity index (χ0n) is 11.2. The molecule has 108 valence electrons. The van der Waals surface area contributed by atoms with E-state index in [1.165, 1.54) is 0 Å². The molecule has 1 atom stereocenters. The first kappa shape index (κ1) is 14.2. The van der Waals surface area contributed by atoms with Gasteiger partial charge in [-0.1, -0.05) is 23.7 Å². The number of hydrogen-bond acceptors (Lipinski definition) is 2. The zero-order valence-corrected chi connectivity index (χ0v) is 13.5. The van der Waals surface area contributed by atoms with E-state index >= 15 is 0 Å². The summed E-state index contributed by atoms with van der Waals surface area (Å²) in [6, 6.07) is 11.6. The Morgan fingerprint density at radius 3 is 2.62 bits per heavy atom. The number of benzene rings is 2. The lowest BCUT2D eigenvalue weighted by Crippen LogP contribution is -2.07. The number of H-pyrrole nitrogens is 2. The molecule has 0 saturated heterocycles. The second kappa shape index (κ2) is 5.58. The first-order valence-corrected chi connectivity index (χ1v) is 7.63. The third-order valence-electron chi connectivity index (χ3n) is 3.32. The van der Waals surface area contributed by atoms with Crippen LogP contribution in [0.15, 0.2) is 45.7 Å². The highest BCUT2D eigenvalue weighted by Gasteiger charge is 2.10. The standard InChI is InChI=1S/C15H13BrClN3O/c1-8(9-3-2-4-10(17)5-9)18-12-7-14-13(6-11(12)16)19-15(21)20-14/h2-8,18H,1H3,(H2,19,20,21). The van der Waals surface area contributed by atoms with Gasteiger partial charge in [-0.2, -0.15) is 0 Å². The van der Waals surface area contributed by atoms with E-state index in [4.69, 9.17) is 11.6 Å². The van der Waals surface area contributed by atoms with Crippen molar-refractivity contribution in [3.05, 3.63) is 61.9 Å². The van der Waals surface area contributed by atoms with Gasteiger partial charge in [-0.15, -0.1) is 0 Å². The lowest BCUT2D eigenvalue weighted by molar-refractivity contribution is 0.884. The molecule has 3 aromatic rings. The quantitative estimate of drug-likeness (QED) is 0.641. The Morgan fingerprint density at radius 2 is 1.90 bits per heavy atom. The summed E-state index contributed by atoms with van der Waals surface area (Å²) >= 11 is 9.54. The van der Waals surface area contributed by atoms with Gasteiger partial charge in [0, 0.05) is 15.5 Å². The van der Waals surface area contributed by atoms with Crippen molar-refractivity contribution in [2.45, 2.75) is 13.0 Å². The number of anilines is 1. The molecule has 0 spiro atoms.